The Balaban J connectivity index is 2.08. The predicted octanol–water partition coefficient (Wildman–Crippen LogP) is 2.05. The lowest BCUT2D eigenvalue weighted by Gasteiger charge is -2.06. The first-order valence-corrected chi connectivity index (χ1v) is 6.46. The minimum atomic E-state index is -1.08. The van der Waals surface area contributed by atoms with Gasteiger partial charge in [0.15, 0.2) is 23.1 Å². The lowest BCUT2D eigenvalue weighted by atomic mass is 10.1. The zero-order valence-electron chi connectivity index (χ0n) is 11.7. The van der Waals surface area contributed by atoms with Crippen LogP contribution >= 0.6 is 0 Å². The molecule has 0 bridgehead atoms. The third kappa shape index (κ3) is 3.46. The molecule has 0 saturated heterocycles. The van der Waals surface area contributed by atoms with E-state index in [0.29, 0.717) is 0 Å². The number of hydrogen-bond donors (Lipinski definition) is 2. The molecule has 0 aliphatic heterocycles. The second-order valence-corrected chi connectivity index (χ2v) is 4.28. The molecule has 2 aromatic rings. The first-order valence-electron chi connectivity index (χ1n) is 6.46. The predicted molar refractivity (Wildman–Crippen MR) is 73.2 cm³/mol. The van der Waals surface area contributed by atoms with Gasteiger partial charge in [0.1, 0.15) is 0 Å². The molecular formula is C14H13F2N3O3. The van der Waals surface area contributed by atoms with E-state index in [1.54, 1.807) is 6.92 Å². The molecule has 0 aliphatic carbocycles. The molecule has 0 spiro atoms. The molecule has 0 atom stereocenters. The van der Waals surface area contributed by atoms with Gasteiger partial charge in [-0.3, -0.25) is 4.79 Å². The lowest BCUT2D eigenvalue weighted by molar-refractivity contribution is -0.115. The van der Waals surface area contributed by atoms with Crippen LogP contribution in [0.4, 0.5) is 14.6 Å². The van der Waals surface area contributed by atoms with Crippen molar-refractivity contribution in [3.05, 3.63) is 47.4 Å². The van der Waals surface area contributed by atoms with Crippen LogP contribution in [0.5, 0.6) is 0 Å². The van der Waals surface area contributed by atoms with Crippen molar-refractivity contribution < 1.29 is 23.1 Å². The Morgan fingerprint density at radius 2 is 2.14 bits per heavy atom. The van der Waals surface area contributed by atoms with Gasteiger partial charge in [0.25, 0.3) is 0 Å². The Morgan fingerprint density at radius 3 is 2.86 bits per heavy atom. The van der Waals surface area contributed by atoms with Crippen molar-refractivity contribution in [2.75, 3.05) is 11.9 Å². The van der Waals surface area contributed by atoms with Crippen molar-refractivity contribution in [2.24, 2.45) is 0 Å². The molecule has 1 aromatic carbocycles. The SMILES string of the molecule is CCOC(=O)c1[nH]cnc1NC(=O)Cc1cccc(F)c1F. The van der Waals surface area contributed by atoms with E-state index in [0.717, 1.165) is 6.07 Å². The Labute approximate surface area is 124 Å². The minimum Gasteiger partial charge on any atom is -0.461 e. The molecule has 1 heterocycles. The number of imidazole rings is 1. The Bertz CT molecular complexity index is 700. The molecular weight excluding hydrogens is 296 g/mol. The smallest absolute Gasteiger partial charge is 0.358 e. The van der Waals surface area contributed by atoms with E-state index in [-0.39, 0.29) is 23.7 Å². The van der Waals surface area contributed by atoms with Crippen molar-refractivity contribution in [3.63, 3.8) is 0 Å². The quantitative estimate of drug-likeness (QED) is 0.828. The minimum absolute atomic E-state index is 0.0186. The van der Waals surface area contributed by atoms with Crippen molar-refractivity contribution in [2.45, 2.75) is 13.3 Å². The molecule has 8 heteroatoms. The maximum absolute atomic E-state index is 13.5. The van der Waals surface area contributed by atoms with Crippen LogP contribution in [-0.4, -0.2) is 28.5 Å². The molecule has 1 aromatic heterocycles. The lowest BCUT2D eigenvalue weighted by Crippen LogP contribution is -2.18. The number of carbonyl (C=O) groups excluding carboxylic acids is 2. The molecule has 2 rings (SSSR count). The highest BCUT2D eigenvalue weighted by atomic mass is 19.2. The Kier molecular flexibility index (Phi) is 4.82. The summed E-state index contributed by atoms with van der Waals surface area (Å²) in [5.41, 5.74) is -0.111. The van der Waals surface area contributed by atoms with Crippen LogP contribution in [0, 0.1) is 11.6 Å². The first-order chi connectivity index (χ1) is 10.5. The summed E-state index contributed by atoms with van der Waals surface area (Å²) in [5, 5.41) is 2.35. The van der Waals surface area contributed by atoms with Gasteiger partial charge >= 0.3 is 5.97 Å². The van der Waals surface area contributed by atoms with E-state index in [9.17, 15) is 18.4 Å². The van der Waals surface area contributed by atoms with Crippen LogP contribution in [0.2, 0.25) is 0 Å². The van der Waals surface area contributed by atoms with Gasteiger partial charge in [-0.25, -0.2) is 18.6 Å². The fourth-order valence-corrected chi connectivity index (χ4v) is 1.78. The average Bonchev–Trinajstić information content (AvgIpc) is 2.92. The van der Waals surface area contributed by atoms with Crippen LogP contribution in [0.25, 0.3) is 0 Å². The molecule has 6 nitrogen and oxygen atoms in total. The second-order valence-electron chi connectivity index (χ2n) is 4.28. The largest absolute Gasteiger partial charge is 0.461 e. The monoisotopic (exact) mass is 309 g/mol. The molecule has 116 valence electrons. The van der Waals surface area contributed by atoms with Gasteiger partial charge in [-0.15, -0.1) is 0 Å². The number of H-pyrrole nitrogens is 1. The fraction of sp³-hybridized carbons (Fsp3) is 0.214. The zero-order valence-corrected chi connectivity index (χ0v) is 11.7. The van der Waals surface area contributed by atoms with Gasteiger partial charge < -0.3 is 15.0 Å². The number of amides is 1. The number of hydrogen-bond acceptors (Lipinski definition) is 4. The summed E-state index contributed by atoms with van der Waals surface area (Å²) >= 11 is 0. The highest BCUT2D eigenvalue weighted by molar-refractivity contribution is 5.99. The van der Waals surface area contributed by atoms with Crippen LogP contribution in [0.3, 0.4) is 0 Å². The number of carbonyl (C=O) groups is 2. The number of aromatic amines is 1. The summed E-state index contributed by atoms with van der Waals surface area (Å²) < 4.78 is 31.4. The maximum atomic E-state index is 13.5. The van der Waals surface area contributed by atoms with E-state index < -0.39 is 29.9 Å². The Morgan fingerprint density at radius 1 is 1.36 bits per heavy atom. The highest BCUT2D eigenvalue weighted by Crippen LogP contribution is 2.14. The van der Waals surface area contributed by atoms with Gasteiger partial charge in [-0.1, -0.05) is 12.1 Å². The van der Waals surface area contributed by atoms with Gasteiger partial charge in [0, 0.05) is 5.56 Å². The van der Waals surface area contributed by atoms with E-state index in [4.69, 9.17) is 4.74 Å². The van der Waals surface area contributed by atoms with Crippen LogP contribution in [-0.2, 0) is 16.0 Å². The number of rotatable bonds is 5. The number of halogens is 2. The molecule has 0 fully saturated rings. The van der Waals surface area contributed by atoms with Crippen molar-refractivity contribution in [1.82, 2.24) is 9.97 Å². The van der Waals surface area contributed by atoms with Gasteiger partial charge in [0.05, 0.1) is 19.4 Å². The molecule has 0 unspecified atom stereocenters. The number of aromatic nitrogens is 2. The van der Waals surface area contributed by atoms with Crippen molar-refractivity contribution in [3.8, 4) is 0 Å². The molecule has 22 heavy (non-hydrogen) atoms. The van der Waals surface area contributed by atoms with Crippen LogP contribution in [0.15, 0.2) is 24.5 Å². The summed E-state index contributed by atoms with van der Waals surface area (Å²) in [4.78, 5) is 29.8. The third-order valence-electron chi connectivity index (χ3n) is 2.76. The van der Waals surface area contributed by atoms with E-state index in [1.807, 2.05) is 0 Å². The van der Waals surface area contributed by atoms with Gasteiger partial charge in [0.2, 0.25) is 5.91 Å². The number of esters is 1. The zero-order chi connectivity index (χ0) is 16.1. The summed E-state index contributed by atoms with van der Waals surface area (Å²) in [6.07, 6.45) is 0.823. The maximum Gasteiger partial charge on any atom is 0.358 e. The standard InChI is InChI=1S/C14H13F2N3O3/c1-2-22-14(21)12-13(18-7-17-12)19-10(20)6-8-4-3-5-9(15)11(8)16/h3-5,7H,2,6H2,1H3,(H,17,18)(H,19,20). The van der Waals surface area contributed by atoms with E-state index in [1.165, 1.54) is 18.5 Å². The molecule has 2 N–H and O–H groups in total. The molecule has 0 saturated carbocycles. The van der Waals surface area contributed by atoms with Gasteiger partial charge in [-0.2, -0.15) is 0 Å². The number of nitrogens with zero attached hydrogens (tertiary/aromatic N) is 1. The number of nitrogens with one attached hydrogen (secondary N) is 2. The fourth-order valence-electron chi connectivity index (χ4n) is 1.78. The summed E-state index contributed by atoms with van der Waals surface area (Å²) in [7, 11) is 0. The Hall–Kier alpha value is -2.77. The van der Waals surface area contributed by atoms with E-state index in [2.05, 4.69) is 15.3 Å². The number of benzene rings is 1. The number of ether oxygens (including phenoxy) is 1. The summed E-state index contributed by atoms with van der Waals surface area (Å²) in [6.45, 7) is 1.80. The van der Waals surface area contributed by atoms with E-state index >= 15 is 0 Å². The summed E-state index contributed by atoms with van der Waals surface area (Å²) in [5.74, 6) is -3.45. The van der Waals surface area contributed by atoms with Crippen molar-refractivity contribution >= 4 is 17.7 Å². The molecule has 0 radical (unpaired) electrons. The number of anilines is 1. The normalized spacial score (nSPS) is 10.3. The molecule has 0 aliphatic rings. The van der Waals surface area contributed by atoms with Crippen LogP contribution < -0.4 is 5.32 Å². The third-order valence-corrected chi connectivity index (χ3v) is 2.76. The van der Waals surface area contributed by atoms with Gasteiger partial charge in [-0.05, 0) is 13.0 Å². The molecule has 1 amide bonds. The highest BCUT2D eigenvalue weighted by Gasteiger charge is 2.18. The summed E-state index contributed by atoms with van der Waals surface area (Å²) in [6, 6.07) is 3.57. The topological polar surface area (TPSA) is 84.1 Å². The second kappa shape index (κ2) is 6.79. The first kappa shape index (κ1) is 15.6. The van der Waals surface area contributed by atoms with Crippen LogP contribution in [0.1, 0.15) is 23.0 Å². The van der Waals surface area contributed by atoms with Crippen molar-refractivity contribution in [1.29, 1.82) is 0 Å². The average molecular weight is 309 g/mol.